The van der Waals surface area contributed by atoms with Crippen molar-refractivity contribution in [2.45, 2.75) is 19.4 Å². The van der Waals surface area contributed by atoms with Crippen LogP contribution in [0, 0.1) is 0 Å². The molecule has 7 heteroatoms. The Bertz CT molecular complexity index is 361. The zero-order valence-electron chi connectivity index (χ0n) is 9.20. The van der Waals surface area contributed by atoms with E-state index < -0.39 is 0 Å². The SMILES string of the molecule is Cl.O=C(CCl)NCCc1nc2c(s1)COCC2. The van der Waals surface area contributed by atoms with E-state index in [9.17, 15) is 4.79 Å². The van der Waals surface area contributed by atoms with E-state index in [0.29, 0.717) is 13.2 Å². The third-order valence-electron chi connectivity index (χ3n) is 2.32. The highest BCUT2D eigenvalue weighted by Crippen LogP contribution is 2.23. The van der Waals surface area contributed by atoms with Gasteiger partial charge in [0.1, 0.15) is 5.88 Å². The van der Waals surface area contributed by atoms with Crippen molar-refractivity contribution in [2.75, 3.05) is 19.0 Å². The Labute approximate surface area is 115 Å². The van der Waals surface area contributed by atoms with Gasteiger partial charge in [-0.1, -0.05) is 0 Å². The van der Waals surface area contributed by atoms with Gasteiger partial charge in [0.2, 0.25) is 5.91 Å². The van der Waals surface area contributed by atoms with Crippen molar-refractivity contribution in [1.29, 1.82) is 0 Å². The van der Waals surface area contributed by atoms with Crippen molar-refractivity contribution in [3.8, 4) is 0 Å². The van der Waals surface area contributed by atoms with Crippen LogP contribution in [0.3, 0.4) is 0 Å². The van der Waals surface area contributed by atoms with Gasteiger partial charge in [-0.25, -0.2) is 4.98 Å². The maximum Gasteiger partial charge on any atom is 0.234 e. The lowest BCUT2D eigenvalue weighted by Gasteiger charge is -2.08. The molecule has 1 aromatic heterocycles. The van der Waals surface area contributed by atoms with Crippen molar-refractivity contribution in [3.05, 3.63) is 15.6 Å². The number of alkyl halides is 1. The molecule has 2 rings (SSSR count). The highest BCUT2D eigenvalue weighted by atomic mass is 35.5. The fourth-order valence-corrected chi connectivity index (χ4v) is 2.69. The predicted molar refractivity (Wildman–Crippen MR) is 70.2 cm³/mol. The van der Waals surface area contributed by atoms with Gasteiger partial charge in [0.05, 0.1) is 28.8 Å². The highest BCUT2D eigenvalue weighted by Gasteiger charge is 2.15. The molecule has 0 fully saturated rings. The van der Waals surface area contributed by atoms with E-state index in [4.69, 9.17) is 16.3 Å². The number of halogens is 2. The number of nitrogens with zero attached hydrogens (tertiary/aromatic N) is 1. The van der Waals surface area contributed by atoms with Gasteiger partial charge in [0, 0.05) is 19.4 Å². The Kier molecular flexibility index (Phi) is 6.19. The fourth-order valence-electron chi connectivity index (χ4n) is 1.54. The maximum atomic E-state index is 10.9. The van der Waals surface area contributed by atoms with Crippen molar-refractivity contribution < 1.29 is 9.53 Å². The number of rotatable bonds is 4. The largest absolute Gasteiger partial charge is 0.375 e. The number of hydrogen-bond acceptors (Lipinski definition) is 4. The maximum absolute atomic E-state index is 10.9. The molecular weight excluding hydrogens is 283 g/mol. The third-order valence-corrected chi connectivity index (χ3v) is 3.69. The minimum absolute atomic E-state index is 0. The van der Waals surface area contributed by atoms with Crippen molar-refractivity contribution in [2.24, 2.45) is 0 Å². The summed E-state index contributed by atoms with van der Waals surface area (Å²) in [6, 6.07) is 0. The molecular formula is C10H14Cl2N2O2S. The molecule has 0 atom stereocenters. The van der Waals surface area contributed by atoms with Crippen LogP contribution in [0.25, 0.3) is 0 Å². The summed E-state index contributed by atoms with van der Waals surface area (Å²) in [6.07, 6.45) is 1.67. The third kappa shape index (κ3) is 4.10. The normalized spacial score (nSPS) is 13.7. The molecule has 0 radical (unpaired) electrons. The number of hydrogen-bond donors (Lipinski definition) is 1. The van der Waals surface area contributed by atoms with E-state index in [1.54, 1.807) is 11.3 Å². The molecule has 4 nitrogen and oxygen atoms in total. The second kappa shape index (κ2) is 7.16. The van der Waals surface area contributed by atoms with Crippen LogP contribution in [0.1, 0.15) is 15.6 Å². The Morgan fingerprint density at radius 1 is 1.59 bits per heavy atom. The minimum Gasteiger partial charge on any atom is -0.375 e. The second-order valence-electron chi connectivity index (χ2n) is 3.51. The standard InChI is InChI=1S/C10H13ClN2O2S.ClH/c11-5-9(14)12-3-1-10-13-7-2-4-15-6-8(7)16-10;/h1-6H2,(H,12,14);1H. The van der Waals surface area contributed by atoms with E-state index in [1.807, 2.05) is 0 Å². The molecule has 0 saturated carbocycles. The lowest BCUT2D eigenvalue weighted by atomic mass is 10.2. The average Bonchev–Trinajstić information content (AvgIpc) is 2.71. The average molecular weight is 297 g/mol. The smallest absolute Gasteiger partial charge is 0.234 e. The van der Waals surface area contributed by atoms with Gasteiger partial charge in [-0.05, 0) is 0 Å². The molecule has 0 aliphatic carbocycles. The van der Waals surface area contributed by atoms with Crippen LogP contribution in [-0.4, -0.2) is 29.9 Å². The molecule has 0 unspecified atom stereocenters. The molecule has 0 aromatic carbocycles. The molecule has 1 aromatic rings. The summed E-state index contributed by atoms with van der Waals surface area (Å²) >= 11 is 7.05. The number of aromatic nitrogens is 1. The van der Waals surface area contributed by atoms with E-state index in [0.717, 1.165) is 30.2 Å². The number of nitrogens with one attached hydrogen (secondary N) is 1. The quantitative estimate of drug-likeness (QED) is 0.858. The van der Waals surface area contributed by atoms with Crippen molar-refractivity contribution in [1.82, 2.24) is 10.3 Å². The number of thiazole rings is 1. The summed E-state index contributed by atoms with van der Waals surface area (Å²) in [6.45, 7) is 2.04. The number of carbonyl (C=O) groups excluding carboxylic acids is 1. The van der Waals surface area contributed by atoms with Crippen LogP contribution in [0.5, 0.6) is 0 Å². The van der Waals surface area contributed by atoms with Crippen LogP contribution in [-0.2, 0) is 29.0 Å². The molecule has 1 N–H and O–H groups in total. The number of ether oxygens (including phenoxy) is 1. The zero-order valence-corrected chi connectivity index (χ0v) is 11.6. The second-order valence-corrected chi connectivity index (χ2v) is 4.95. The predicted octanol–water partition coefficient (Wildman–Crippen LogP) is 1.54. The summed E-state index contributed by atoms with van der Waals surface area (Å²) < 4.78 is 5.35. The van der Waals surface area contributed by atoms with Gasteiger partial charge in [-0.2, -0.15) is 0 Å². The van der Waals surface area contributed by atoms with Gasteiger partial charge in [0.25, 0.3) is 0 Å². The van der Waals surface area contributed by atoms with Gasteiger partial charge < -0.3 is 10.1 Å². The van der Waals surface area contributed by atoms with Crippen LogP contribution in [0.15, 0.2) is 0 Å². The van der Waals surface area contributed by atoms with Crippen LogP contribution in [0.2, 0.25) is 0 Å². The number of fused-ring (bicyclic) bond motifs is 1. The van der Waals surface area contributed by atoms with Gasteiger partial charge in [-0.15, -0.1) is 35.3 Å². The summed E-state index contributed by atoms with van der Waals surface area (Å²) in [5, 5.41) is 3.79. The highest BCUT2D eigenvalue weighted by molar-refractivity contribution is 7.11. The summed E-state index contributed by atoms with van der Waals surface area (Å²) in [7, 11) is 0. The van der Waals surface area contributed by atoms with Crippen molar-refractivity contribution in [3.63, 3.8) is 0 Å². The Morgan fingerprint density at radius 3 is 3.12 bits per heavy atom. The van der Waals surface area contributed by atoms with Gasteiger partial charge in [0.15, 0.2) is 0 Å². The van der Waals surface area contributed by atoms with Crippen LogP contribution in [0.4, 0.5) is 0 Å². The zero-order chi connectivity index (χ0) is 11.4. The molecule has 96 valence electrons. The summed E-state index contributed by atoms with van der Waals surface area (Å²) in [5.74, 6) is -0.117. The van der Waals surface area contributed by atoms with E-state index in [2.05, 4.69) is 10.3 Å². The minimum atomic E-state index is -0.133. The number of amides is 1. The first kappa shape index (κ1) is 14.7. The Hall–Kier alpha value is -0.360. The molecule has 17 heavy (non-hydrogen) atoms. The molecule has 1 aliphatic rings. The molecule has 0 bridgehead atoms. The lowest BCUT2D eigenvalue weighted by molar-refractivity contribution is -0.118. The summed E-state index contributed by atoms with van der Waals surface area (Å²) in [4.78, 5) is 16.7. The molecule has 2 heterocycles. The van der Waals surface area contributed by atoms with E-state index >= 15 is 0 Å². The van der Waals surface area contributed by atoms with Gasteiger partial charge in [-0.3, -0.25) is 4.79 Å². The van der Waals surface area contributed by atoms with Gasteiger partial charge >= 0.3 is 0 Å². The monoisotopic (exact) mass is 296 g/mol. The molecule has 1 aliphatic heterocycles. The topological polar surface area (TPSA) is 51.2 Å². The fraction of sp³-hybridized carbons (Fsp3) is 0.600. The van der Waals surface area contributed by atoms with Crippen LogP contribution < -0.4 is 5.32 Å². The Morgan fingerprint density at radius 2 is 2.41 bits per heavy atom. The molecule has 1 amide bonds. The first-order valence-corrected chi connectivity index (χ1v) is 6.52. The van der Waals surface area contributed by atoms with E-state index in [-0.39, 0.29) is 24.2 Å². The summed E-state index contributed by atoms with van der Waals surface area (Å²) in [5.41, 5.74) is 1.16. The van der Waals surface area contributed by atoms with Crippen LogP contribution >= 0.6 is 35.3 Å². The first-order chi connectivity index (χ1) is 7.79. The first-order valence-electron chi connectivity index (χ1n) is 5.17. The Balaban J connectivity index is 0.00000144. The number of carbonyl (C=O) groups is 1. The molecule has 0 saturated heterocycles. The van der Waals surface area contributed by atoms with E-state index in [1.165, 1.54) is 4.88 Å². The lowest BCUT2D eigenvalue weighted by Crippen LogP contribution is -2.26. The van der Waals surface area contributed by atoms with Crippen molar-refractivity contribution >= 4 is 41.3 Å². The molecule has 0 spiro atoms.